The third kappa shape index (κ3) is 18.1. The zero-order valence-electron chi connectivity index (χ0n) is 50.3. The monoisotopic (exact) mass is 1360 g/mol. The number of hydrogen-bond acceptors (Lipinski definition) is 36. The summed E-state index contributed by atoms with van der Waals surface area (Å²) in [5.41, 5.74) is 0. The maximum absolute atomic E-state index is 13.1. The van der Waals surface area contributed by atoms with Crippen molar-refractivity contribution >= 4 is 23.8 Å². The van der Waals surface area contributed by atoms with Gasteiger partial charge in [0.25, 0.3) is 6.48 Å². The molecule has 14 unspecified atom stereocenters. The highest BCUT2D eigenvalue weighted by atomic mass is 16.9. The van der Waals surface area contributed by atoms with E-state index in [0.29, 0.717) is 0 Å². The number of rotatable bonds is 28. The fourth-order valence-corrected chi connectivity index (χ4v) is 11.5. The lowest BCUT2D eigenvalue weighted by atomic mass is 9.89. The number of carbonyl (C=O) groups excluding carboxylic acids is 2. The maximum Gasteiger partial charge on any atom is 0.326 e. The molecule has 7 fully saturated rings. The molecule has 2 amide bonds. The van der Waals surface area contributed by atoms with Gasteiger partial charge in [0.2, 0.25) is 11.8 Å². The number of carboxylic acids is 2. The minimum Gasteiger partial charge on any atom is -0.481 e. The highest BCUT2D eigenvalue weighted by Crippen LogP contribution is 2.39. The summed E-state index contributed by atoms with van der Waals surface area (Å²) in [4.78, 5) is 48.2. The summed E-state index contributed by atoms with van der Waals surface area (Å²) >= 11 is 0. The predicted molar refractivity (Wildman–Crippen MR) is 288 cm³/mol. The Morgan fingerprint density at radius 1 is 0.398 bits per heavy atom. The summed E-state index contributed by atoms with van der Waals surface area (Å²) in [7, 11) is 0. The van der Waals surface area contributed by atoms with Crippen molar-refractivity contribution < 1.29 is 188 Å². The molecule has 0 aromatic rings. The second-order valence-electron chi connectivity index (χ2n) is 23.7. The lowest BCUT2D eigenvalue weighted by Crippen LogP contribution is -2.66. The molecule has 7 rings (SSSR count). The molecule has 0 spiro atoms. The molecule has 0 aromatic heterocycles. The average Bonchev–Trinajstić information content (AvgIpc) is 0.797. The minimum atomic E-state index is -2.21. The Bertz CT molecular complexity index is 2350. The quantitative estimate of drug-likeness (QED) is 0.0346. The van der Waals surface area contributed by atoms with Gasteiger partial charge >= 0.3 is 11.9 Å². The molecule has 0 radical (unpaired) electrons. The molecule has 538 valence electrons. The number of carboxylic acid groups (broad SMARTS) is 2. The van der Waals surface area contributed by atoms with Gasteiger partial charge in [-0.15, -0.1) is 0 Å². The van der Waals surface area contributed by atoms with Gasteiger partial charge in [-0.1, -0.05) is 20.8 Å². The molecule has 40 heteroatoms. The van der Waals surface area contributed by atoms with Gasteiger partial charge in [0, 0.05) is 30.6 Å². The number of carbonyl (C=O) groups is 4. The summed E-state index contributed by atoms with van der Waals surface area (Å²) < 4.78 is 81.5. The first-order valence-electron chi connectivity index (χ1n) is 30.0. The largest absolute Gasteiger partial charge is 0.481 e. The number of aliphatic hydroxyl groups is 18. The minimum absolute atomic E-state index is 0.111. The predicted octanol–water partition coefficient (Wildman–Crippen LogP) is -12.5. The lowest BCUT2D eigenvalue weighted by Gasteiger charge is -2.50. The lowest BCUT2D eigenvalue weighted by molar-refractivity contribution is -0.438. The number of aliphatic carboxylic acids is 2. The smallest absolute Gasteiger partial charge is 0.326 e. The Balaban J connectivity index is 1.05. The zero-order valence-corrected chi connectivity index (χ0v) is 50.3. The SMILES string of the molecule is CC1C(O)[C@H](O[C@@H]2OC(CO)[C@H](O)C(O)[C@@H]2O)[C@H](CO)O[C@H]1O[C@@H]1C(O)[C@H](O)C(CO)O[C@@H]1OCC1O[C@@H](O[C@@H]2C(CO)O[C@@H](O[C@@H]3C(CO)O[C@@H](NC(=O)CC(NC(=O)CCCC(=O)O)C(=O)O)[C@@H](C)C3O)[C@@H](C)C2O)[C@H](O)C(O[C@@H]2OC(O)[C@H](O)[C@@H](CO)O2)[C@@H]1O. The van der Waals surface area contributed by atoms with Crippen LogP contribution in [-0.2, 0) is 85.5 Å². The number of aliphatic hydroxyl groups excluding tert-OH is 18. The van der Waals surface area contributed by atoms with E-state index in [1.807, 2.05) is 0 Å². The number of ether oxygens (including phenoxy) is 14. The number of nitrogens with one attached hydrogen (secondary N) is 2. The average molecular weight is 1360 g/mol. The van der Waals surface area contributed by atoms with Crippen LogP contribution in [0.2, 0.25) is 0 Å². The Morgan fingerprint density at radius 2 is 0.849 bits per heavy atom. The standard InChI is InChI=1S/C53H88N2O38/c1-15-29(66)40(22(11-59)81-45(15)55-27(63)7-18(46(77)78)54-26(62)5-4-6-28(64)65)88-48-16(2)30(67)42(24(13-61)84-48)90-51-39(76)43(92-53-87-21(10-58)35(72)47(79)93-53)34(71)25(86-51)14-80-52-44(37(74)33(70)20(9-57)83-52)91-49-17(3)31(68)41(23(12-60)85-49)89-50-38(75)36(73)32(69)19(8-56)82-50/h15-25,29-45,47-53,56-61,66-76,79H,4-14H2,1-3H3,(H,54,62)(H,55,63)(H,64,65)(H,77,78)/t15-,16-,17?,18?,19?,20?,21+,22?,23-,24?,25?,29?,30?,31?,32-,33+,34+,35+,36?,37?,38-,39+,40+,41+,42+,43?,44+,45+,47?,48-,49-,50-,51-,52-,53+/m0/s1. The Hall–Kier alpha value is -3.40. The molecule has 7 aliphatic rings. The molecule has 0 saturated carbocycles. The summed E-state index contributed by atoms with van der Waals surface area (Å²) in [5.74, 6) is -8.20. The Labute approximate surface area is 528 Å². The second kappa shape index (κ2) is 34.4. The van der Waals surface area contributed by atoms with Crippen molar-refractivity contribution in [1.29, 1.82) is 0 Å². The molecular weight excluding hydrogens is 1270 g/mol. The molecule has 40 nitrogen and oxygen atoms in total. The van der Waals surface area contributed by atoms with E-state index in [2.05, 4.69) is 10.6 Å². The Kier molecular flexibility index (Phi) is 28.5. The fraction of sp³-hybridized carbons (Fsp3) is 0.925. The van der Waals surface area contributed by atoms with Crippen molar-refractivity contribution in [2.75, 3.05) is 46.2 Å². The molecular formula is C53H88N2O38. The van der Waals surface area contributed by atoms with Crippen LogP contribution in [0.3, 0.4) is 0 Å². The Morgan fingerprint density at radius 3 is 1.38 bits per heavy atom. The molecule has 7 saturated heterocycles. The summed E-state index contributed by atoms with van der Waals surface area (Å²) in [5, 5.41) is 218. The van der Waals surface area contributed by atoms with Crippen LogP contribution >= 0.6 is 0 Å². The van der Waals surface area contributed by atoms with Crippen LogP contribution < -0.4 is 10.6 Å². The van der Waals surface area contributed by atoms with Crippen LogP contribution in [0.15, 0.2) is 0 Å². The second-order valence-corrected chi connectivity index (χ2v) is 23.7. The molecule has 0 aromatic carbocycles. The third-order valence-corrected chi connectivity index (χ3v) is 17.2. The van der Waals surface area contributed by atoms with Gasteiger partial charge in [0.1, 0.15) is 134 Å². The molecule has 0 aliphatic carbocycles. The molecule has 0 bridgehead atoms. The molecule has 7 heterocycles. The third-order valence-electron chi connectivity index (χ3n) is 17.2. The van der Waals surface area contributed by atoms with E-state index in [9.17, 15) is 116 Å². The fourth-order valence-electron chi connectivity index (χ4n) is 11.5. The van der Waals surface area contributed by atoms with Crippen LogP contribution in [0.5, 0.6) is 0 Å². The highest BCUT2D eigenvalue weighted by molar-refractivity contribution is 5.88. The van der Waals surface area contributed by atoms with Crippen molar-refractivity contribution in [1.82, 2.24) is 10.6 Å². The number of hydrogen-bond donors (Lipinski definition) is 22. The van der Waals surface area contributed by atoms with Crippen molar-refractivity contribution in [2.24, 2.45) is 17.8 Å². The van der Waals surface area contributed by atoms with E-state index < -0.39 is 291 Å². The normalized spacial score (nSPS) is 46.1. The van der Waals surface area contributed by atoms with Gasteiger partial charge in [-0.2, -0.15) is 0 Å². The van der Waals surface area contributed by atoms with Crippen molar-refractivity contribution in [2.45, 2.75) is 243 Å². The zero-order chi connectivity index (χ0) is 68.6. The summed E-state index contributed by atoms with van der Waals surface area (Å²) in [6.45, 7) is -4.47. The van der Waals surface area contributed by atoms with E-state index in [-0.39, 0.29) is 19.3 Å². The summed E-state index contributed by atoms with van der Waals surface area (Å²) in [6, 6.07) is -1.76. The van der Waals surface area contributed by atoms with Gasteiger partial charge < -0.3 is 174 Å². The van der Waals surface area contributed by atoms with Crippen molar-refractivity contribution in [3.05, 3.63) is 0 Å². The topological polar surface area (TPSA) is 626 Å². The van der Waals surface area contributed by atoms with Crippen molar-refractivity contribution in [3.8, 4) is 0 Å². The van der Waals surface area contributed by atoms with E-state index >= 15 is 0 Å². The van der Waals surface area contributed by atoms with Gasteiger partial charge in [0.15, 0.2) is 37.7 Å². The van der Waals surface area contributed by atoms with Crippen LogP contribution in [0.4, 0.5) is 0 Å². The van der Waals surface area contributed by atoms with E-state index in [0.717, 1.165) is 0 Å². The first-order valence-corrected chi connectivity index (χ1v) is 30.0. The highest BCUT2D eigenvalue weighted by Gasteiger charge is 2.57. The molecule has 93 heavy (non-hydrogen) atoms. The molecule has 35 atom stereocenters. The first kappa shape index (κ1) is 77.0. The van der Waals surface area contributed by atoms with Crippen LogP contribution in [0, 0.1) is 17.8 Å². The van der Waals surface area contributed by atoms with Gasteiger partial charge in [-0.3, -0.25) is 19.1 Å². The van der Waals surface area contributed by atoms with E-state index in [1.54, 1.807) is 0 Å². The van der Waals surface area contributed by atoms with Crippen LogP contribution in [-0.4, -0.2) is 369 Å². The molecule has 7 aliphatic heterocycles. The number of amides is 2. The van der Waals surface area contributed by atoms with Gasteiger partial charge in [0.05, 0.1) is 71.0 Å². The van der Waals surface area contributed by atoms with Crippen LogP contribution in [0.25, 0.3) is 0 Å². The molecule has 22 N–H and O–H groups in total. The van der Waals surface area contributed by atoms with Gasteiger partial charge in [-0.05, 0) is 6.42 Å². The first-order chi connectivity index (χ1) is 44.0. The summed E-state index contributed by atoms with van der Waals surface area (Å²) in [6.07, 6.45) is -55.1. The van der Waals surface area contributed by atoms with Crippen LogP contribution in [0.1, 0.15) is 46.5 Å². The maximum atomic E-state index is 13.1. The van der Waals surface area contributed by atoms with Crippen molar-refractivity contribution in [3.63, 3.8) is 0 Å². The van der Waals surface area contributed by atoms with Gasteiger partial charge in [-0.25, -0.2) is 4.79 Å². The van der Waals surface area contributed by atoms with E-state index in [1.165, 1.54) is 20.8 Å². The van der Waals surface area contributed by atoms with E-state index in [4.69, 9.17) is 71.4 Å².